The van der Waals surface area contributed by atoms with Crippen LogP contribution >= 0.6 is 0 Å². The molecule has 1 fully saturated rings. The fraction of sp³-hybridized carbons (Fsp3) is 0.435. The fourth-order valence-corrected chi connectivity index (χ4v) is 3.83. The Balaban J connectivity index is 1.37. The number of aromatic nitrogens is 2. The Labute approximate surface area is 172 Å². The highest BCUT2D eigenvalue weighted by atomic mass is 16.5. The standard InChI is InChI=1S/C23H29N3O3/c1-2-16-29-23(28)20-11-15-26(18-20)22(27)10-4-3-5-13-25-14-7-9-21(25)19-8-6-12-24-17-19/h2,6,8,11-12,15,17-18,21H,1,3-5,7,9-10,13-14,16H2/t21-/m0/s1. The zero-order chi connectivity index (χ0) is 20.5. The molecule has 1 aliphatic heterocycles. The first kappa shape index (κ1) is 21.0. The van der Waals surface area contributed by atoms with E-state index < -0.39 is 5.97 Å². The first-order valence-electron chi connectivity index (χ1n) is 10.3. The summed E-state index contributed by atoms with van der Waals surface area (Å²) < 4.78 is 6.46. The Morgan fingerprint density at radius 2 is 2.17 bits per heavy atom. The van der Waals surface area contributed by atoms with Crippen LogP contribution in [-0.4, -0.2) is 46.0 Å². The number of unbranched alkanes of at least 4 members (excludes halogenated alkanes) is 2. The topological polar surface area (TPSA) is 64.4 Å². The molecular weight excluding hydrogens is 366 g/mol. The summed E-state index contributed by atoms with van der Waals surface area (Å²) in [5, 5.41) is 0. The summed E-state index contributed by atoms with van der Waals surface area (Å²) in [6.07, 6.45) is 14.3. The average molecular weight is 396 g/mol. The van der Waals surface area contributed by atoms with Gasteiger partial charge in [0.25, 0.3) is 0 Å². The highest BCUT2D eigenvalue weighted by Crippen LogP contribution is 2.31. The number of ether oxygens (including phenoxy) is 1. The zero-order valence-electron chi connectivity index (χ0n) is 16.8. The Hall–Kier alpha value is -2.73. The summed E-state index contributed by atoms with van der Waals surface area (Å²) in [5.74, 6) is -0.438. The van der Waals surface area contributed by atoms with Crippen molar-refractivity contribution in [2.75, 3.05) is 19.7 Å². The second-order valence-electron chi connectivity index (χ2n) is 7.38. The van der Waals surface area contributed by atoms with Crippen molar-refractivity contribution < 1.29 is 14.3 Å². The summed E-state index contributed by atoms with van der Waals surface area (Å²) in [7, 11) is 0. The molecule has 0 unspecified atom stereocenters. The third-order valence-corrected chi connectivity index (χ3v) is 5.32. The lowest BCUT2D eigenvalue weighted by atomic mass is 10.1. The minimum Gasteiger partial charge on any atom is -0.458 e. The van der Waals surface area contributed by atoms with Gasteiger partial charge in [0.15, 0.2) is 0 Å². The molecule has 2 aromatic heterocycles. The van der Waals surface area contributed by atoms with Crippen molar-refractivity contribution in [3.8, 4) is 0 Å². The van der Waals surface area contributed by atoms with Gasteiger partial charge < -0.3 is 4.74 Å². The molecule has 0 spiro atoms. The lowest BCUT2D eigenvalue weighted by Crippen LogP contribution is -2.24. The van der Waals surface area contributed by atoms with Gasteiger partial charge in [0, 0.05) is 37.3 Å². The van der Waals surface area contributed by atoms with Crippen molar-refractivity contribution in [1.82, 2.24) is 14.5 Å². The average Bonchev–Trinajstić information content (AvgIpc) is 3.42. The van der Waals surface area contributed by atoms with E-state index >= 15 is 0 Å². The molecule has 0 amide bonds. The highest BCUT2D eigenvalue weighted by molar-refractivity contribution is 5.91. The van der Waals surface area contributed by atoms with Crippen molar-refractivity contribution in [3.05, 3.63) is 66.8 Å². The van der Waals surface area contributed by atoms with Gasteiger partial charge >= 0.3 is 5.97 Å². The number of pyridine rings is 1. The van der Waals surface area contributed by atoms with Crippen LogP contribution in [0.5, 0.6) is 0 Å². The van der Waals surface area contributed by atoms with E-state index in [1.54, 1.807) is 12.3 Å². The molecular formula is C23H29N3O3. The predicted molar refractivity (Wildman–Crippen MR) is 112 cm³/mol. The van der Waals surface area contributed by atoms with Crippen LogP contribution in [0.1, 0.15) is 65.3 Å². The summed E-state index contributed by atoms with van der Waals surface area (Å²) in [5.41, 5.74) is 1.69. The van der Waals surface area contributed by atoms with E-state index in [9.17, 15) is 9.59 Å². The van der Waals surface area contributed by atoms with Crippen molar-refractivity contribution in [2.45, 2.75) is 44.6 Å². The molecule has 6 heteroatoms. The monoisotopic (exact) mass is 395 g/mol. The lowest BCUT2D eigenvalue weighted by Gasteiger charge is -2.24. The lowest BCUT2D eigenvalue weighted by molar-refractivity contribution is 0.0550. The Kier molecular flexibility index (Phi) is 7.76. The molecule has 0 bridgehead atoms. The maximum Gasteiger partial charge on any atom is 0.340 e. The molecule has 0 radical (unpaired) electrons. The molecule has 6 nitrogen and oxygen atoms in total. The van der Waals surface area contributed by atoms with Gasteiger partial charge in [0.2, 0.25) is 5.91 Å². The van der Waals surface area contributed by atoms with E-state index in [-0.39, 0.29) is 12.5 Å². The fourth-order valence-electron chi connectivity index (χ4n) is 3.83. The third kappa shape index (κ3) is 5.87. The quantitative estimate of drug-likeness (QED) is 0.342. The van der Waals surface area contributed by atoms with Gasteiger partial charge in [-0.2, -0.15) is 0 Å². The van der Waals surface area contributed by atoms with Gasteiger partial charge in [0.1, 0.15) is 6.61 Å². The van der Waals surface area contributed by atoms with Gasteiger partial charge in [-0.05, 0) is 56.5 Å². The number of hydrogen-bond donors (Lipinski definition) is 0. The summed E-state index contributed by atoms with van der Waals surface area (Å²) in [4.78, 5) is 30.9. The molecule has 3 heterocycles. The van der Waals surface area contributed by atoms with Crippen LogP contribution < -0.4 is 0 Å². The van der Waals surface area contributed by atoms with Crippen LogP contribution in [0.15, 0.2) is 55.6 Å². The first-order chi connectivity index (χ1) is 14.2. The molecule has 1 saturated heterocycles. The Bertz CT molecular complexity index is 816. The number of likely N-dealkylation sites (tertiary alicyclic amines) is 1. The number of carbonyl (C=O) groups is 2. The van der Waals surface area contributed by atoms with E-state index in [0.29, 0.717) is 18.0 Å². The van der Waals surface area contributed by atoms with Crippen LogP contribution in [0.3, 0.4) is 0 Å². The minimum atomic E-state index is -0.440. The summed E-state index contributed by atoms with van der Waals surface area (Å²) in [6.45, 7) is 5.86. The normalized spacial score (nSPS) is 16.6. The van der Waals surface area contributed by atoms with Crippen molar-refractivity contribution in [1.29, 1.82) is 0 Å². The van der Waals surface area contributed by atoms with E-state index in [0.717, 1.165) is 32.4 Å². The maximum atomic E-state index is 12.3. The molecule has 154 valence electrons. The minimum absolute atomic E-state index is 0.00202. The molecule has 0 aliphatic carbocycles. The van der Waals surface area contributed by atoms with Crippen molar-refractivity contribution in [3.63, 3.8) is 0 Å². The van der Waals surface area contributed by atoms with Crippen LogP contribution in [0.25, 0.3) is 0 Å². The molecule has 0 saturated carbocycles. The predicted octanol–water partition coefficient (Wildman–Crippen LogP) is 4.26. The number of esters is 1. The summed E-state index contributed by atoms with van der Waals surface area (Å²) in [6, 6.07) is 6.25. The van der Waals surface area contributed by atoms with E-state index in [1.165, 1.54) is 35.2 Å². The maximum absolute atomic E-state index is 12.3. The number of hydrogen-bond acceptors (Lipinski definition) is 5. The van der Waals surface area contributed by atoms with Gasteiger partial charge in [-0.3, -0.25) is 19.2 Å². The zero-order valence-corrected chi connectivity index (χ0v) is 16.8. The Morgan fingerprint density at radius 3 is 2.97 bits per heavy atom. The van der Waals surface area contributed by atoms with Crippen molar-refractivity contribution >= 4 is 11.9 Å². The van der Waals surface area contributed by atoms with E-state index in [1.807, 2.05) is 18.5 Å². The highest BCUT2D eigenvalue weighted by Gasteiger charge is 2.25. The van der Waals surface area contributed by atoms with Gasteiger partial charge in [0.05, 0.1) is 5.56 Å². The van der Waals surface area contributed by atoms with Crippen LogP contribution in [0.2, 0.25) is 0 Å². The van der Waals surface area contributed by atoms with Gasteiger partial charge in [-0.15, -0.1) is 0 Å². The smallest absolute Gasteiger partial charge is 0.340 e. The van der Waals surface area contributed by atoms with Gasteiger partial charge in [-0.1, -0.05) is 25.1 Å². The molecule has 1 atom stereocenters. The molecule has 0 aromatic carbocycles. The van der Waals surface area contributed by atoms with Crippen LogP contribution in [0, 0.1) is 0 Å². The molecule has 29 heavy (non-hydrogen) atoms. The second-order valence-corrected chi connectivity index (χ2v) is 7.38. The number of nitrogens with zero attached hydrogens (tertiary/aromatic N) is 3. The Morgan fingerprint density at radius 1 is 1.28 bits per heavy atom. The first-order valence-corrected chi connectivity index (χ1v) is 10.3. The molecule has 0 N–H and O–H groups in total. The third-order valence-electron chi connectivity index (χ3n) is 5.32. The van der Waals surface area contributed by atoms with Crippen molar-refractivity contribution in [2.24, 2.45) is 0 Å². The van der Waals surface area contributed by atoms with Crippen LogP contribution in [0.4, 0.5) is 0 Å². The SMILES string of the molecule is C=CCOC(=O)c1ccn(C(=O)CCCCCN2CCC[C@H]2c2cccnc2)c1. The molecule has 3 rings (SSSR count). The number of rotatable bonds is 10. The largest absolute Gasteiger partial charge is 0.458 e. The second kappa shape index (κ2) is 10.7. The van der Waals surface area contributed by atoms with E-state index in [2.05, 4.69) is 22.5 Å². The molecule has 1 aliphatic rings. The van der Waals surface area contributed by atoms with Gasteiger partial charge in [-0.25, -0.2) is 4.79 Å². The summed E-state index contributed by atoms with van der Waals surface area (Å²) >= 11 is 0. The van der Waals surface area contributed by atoms with Crippen LogP contribution in [-0.2, 0) is 4.74 Å². The number of carbonyl (C=O) groups excluding carboxylic acids is 2. The van der Waals surface area contributed by atoms with E-state index in [4.69, 9.17) is 4.74 Å². The molecule has 2 aromatic rings.